The summed E-state index contributed by atoms with van der Waals surface area (Å²) in [6.07, 6.45) is -6.04. The summed E-state index contributed by atoms with van der Waals surface area (Å²) < 4.78 is 44.3. The molecule has 0 radical (unpaired) electrons. The van der Waals surface area contributed by atoms with E-state index < -0.39 is 102 Å². The van der Waals surface area contributed by atoms with E-state index >= 15 is 0 Å². The molecule has 0 aromatic rings. The molecule has 0 unspecified atom stereocenters. The highest BCUT2D eigenvalue weighted by Crippen LogP contribution is 2.42. The predicted molar refractivity (Wildman–Crippen MR) is 201 cm³/mol. The topological polar surface area (TPSA) is 199 Å². The maximum absolute atomic E-state index is 14.3. The van der Waals surface area contributed by atoms with Crippen molar-refractivity contribution in [2.45, 2.75) is 149 Å². The Labute approximate surface area is 329 Å². The van der Waals surface area contributed by atoms with Crippen LogP contribution in [0.1, 0.15) is 88.5 Å². The highest BCUT2D eigenvalue weighted by atomic mass is 16.7. The Bertz CT molecular complexity index is 1520. The second-order valence-corrected chi connectivity index (χ2v) is 16.5. The van der Waals surface area contributed by atoms with Crippen molar-refractivity contribution in [3.05, 3.63) is 12.2 Å². The van der Waals surface area contributed by atoms with E-state index in [1.54, 1.807) is 27.7 Å². The van der Waals surface area contributed by atoms with Crippen molar-refractivity contribution in [2.24, 2.45) is 28.8 Å². The van der Waals surface area contributed by atoms with Crippen molar-refractivity contribution < 1.29 is 62.0 Å². The van der Waals surface area contributed by atoms with E-state index in [2.05, 4.69) is 22.4 Å². The Morgan fingerprint density at radius 3 is 2.29 bits per heavy atom. The van der Waals surface area contributed by atoms with E-state index in [1.807, 2.05) is 46.7 Å². The van der Waals surface area contributed by atoms with Crippen LogP contribution in [-0.2, 0) is 52.4 Å². The van der Waals surface area contributed by atoms with Gasteiger partial charge in [0.25, 0.3) is 0 Å². The number of carbonyl (C=O) groups excluding carboxylic acids is 5. The molecular formula is C39H62N4O13. The van der Waals surface area contributed by atoms with Gasteiger partial charge in [0, 0.05) is 38.1 Å². The van der Waals surface area contributed by atoms with E-state index in [0.29, 0.717) is 17.7 Å². The molecule has 2 bridgehead atoms. The fourth-order valence-corrected chi connectivity index (χ4v) is 8.84. The van der Waals surface area contributed by atoms with Gasteiger partial charge in [0.1, 0.15) is 17.8 Å². The van der Waals surface area contributed by atoms with Gasteiger partial charge in [0.15, 0.2) is 18.0 Å². The number of amides is 2. The molecule has 14 atom stereocenters. The van der Waals surface area contributed by atoms with Gasteiger partial charge in [-0.15, -0.1) is 0 Å². The molecule has 0 aromatic heterocycles. The highest BCUT2D eigenvalue weighted by molar-refractivity contribution is 5.90. The number of likely N-dealkylation sites (N-methyl/N-ethyl adjacent to an activating group) is 1. The second-order valence-electron chi connectivity index (χ2n) is 16.5. The summed E-state index contributed by atoms with van der Waals surface area (Å²) in [5.41, 5.74) is -2.12. The number of hydrogen-bond acceptors (Lipinski definition) is 15. The zero-order chi connectivity index (χ0) is 41.9. The standard InChI is InChI=1S/C39H62N4O13/c1-14-28-39(11)32(41-37(48)55-39)22(5)29(42-56-26(9)45)20(3)16-38(10)33(53-35-31(51-25(8)44)27(43(12)13)15-21(4)50-35)23(6)30(24(7)34(46)52-28)49-18-19(2)17-40-36(47)54-38/h20-24,27-28,30-33,35H,2,14-18H2,1,3-13H3,(H,40,47)(H,41,48)/b42-29-/t20-,21+,22+,23+,24-,27-,28-,30+,31+,32+,33-,35-,38-,39-/m1/s1. The fourth-order valence-electron chi connectivity index (χ4n) is 8.84. The lowest BCUT2D eigenvalue weighted by atomic mass is 9.73. The Balaban J connectivity index is 1.99. The summed E-state index contributed by atoms with van der Waals surface area (Å²) in [5.74, 6) is -4.86. The van der Waals surface area contributed by atoms with E-state index in [-0.39, 0.29) is 38.1 Å². The number of rotatable bonds is 6. The number of nitrogens with zero attached hydrogens (tertiary/aromatic N) is 2. The van der Waals surface area contributed by atoms with E-state index in [9.17, 15) is 24.0 Å². The van der Waals surface area contributed by atoms with Gasteiger partial charge < -0.3 is 53.5 Å². The van der Waals surface area contributed by atoms with Gasteiger partial charge in [-0.05, 0) is 66.6 Å². The van der Waals surface area contributed by atoms with Crippen molar-refractivity contribution in [3.8, 4) is 0 Å². The molecule has 56 heavy (non-hydrogen) atoms. The zero-order valence-electron chi connectivity index (χ0n) is 34.9. The molecule has 2 N–H and O–H groups in total. The van der Waals surface area contributed by atoms with E-state index in [0.717, 1.165) is 0 Å². The number of carbonyl (C=O) groups is 5. The van der Waals surface area contributed by atoms with Gasteiger partial charge >= 0.3 is 30.1 Å². The third-order valence-electron chi connectivity index (χ3n) is 11.5. The van der Waals surface area contributed by atoms with Crippen LogP contribution in [0.3, 0.4) is 0 Å². The smallest absolute Gasteiger partial charge is 0.408 e. The number of oxime groups is 1. The van der Waals surface area contributed by atoms with E-state index in [1.165, 1.54) is 13.8 Å². The summed E-state index contributed by atoms with van der Waals surface area (Å²) in [5, 5.41) is 9.94. The number of fused-ring (bicyclic) bond motifs is 4. The maximum atomic E-state index is 14.3. The number of hydrogen-bond donors (Lipinski definition) is 2. The molecule has 0 saturated carbocycles. The highest BCUT2D eigenvalue weighted by Gasteiger charge is 2.58. The van der Waals surface area contributed by atoms with Crippen LogP contribution in [0.4, 0.5) is 9.59 Å². The molecule has 4 aliphatic heterocycles. The summed E-state index contributed by atoms with van der Waals surface area (Å²) >= 11 is 0. The van der Waals surface area contributed by atoms with Gasteiger partial charge in [-0.2, -0.15) is 0 Å². The average Bonchev–Trinajstić information content (AvgIpc) is 3.41. The molecule has 316 valence electrons. The molecule has 0 aromatic carbocycles. The first-order valence-electron chi connectivity index (χ1n) is 19.5. The number of ether oxygens (including phenoxy) is 7. The zero-order valence-corrected chi connectivity index (χ0v) is 34.9. The van der Waals surface area contributed by atoms with Crippen LogP contribution in [0.2, 0.25) is 0 Å². The number of esters is 2. The third-order valence-corrected chi connectivity index (χ3v) is 11.5. The van der Waals surface area contributed by atoms with Crippen LogP contribution in [0.5, 0.6) is 0 Å². The molecule has 4 saturated heterocycles. The van der Waals surface area contributed by atoms with Crippen molar-refractivity contribution >= 4 is 35.8 Å². The Hall–Kier alpha value is -3.80. The minimum atomic E-state index is -1.58. The lowest BCUT2D eigenvalue weighted by molar-refractivity contribution is -0.301. The van der Waals surface area contributed by atoms with Crippen molar-refractivity contribution in [1.82, 2.24) is 15.5 Å². The van der Waals surface area contributed by atoms with Gasteiger partial charge in [-0.1, -0.05) is 39.4 Å². The molecule has 4 fully saturated rings. The van der Waals surface area contributed by atoms with Crippen LogP contribution < -0.4 is 10.6 Å². The monoisotopic (exact) mass is 794 g/mol. The number of alkyl carbamates (subject to hydrolysis) is 2. The summed E-state index contributed by atoms with van der Waals surface area (Å²) in [4.78, 5) is 73.0. The summed E-state index contributed by atoms with van der Waals surface area (Å²) in [7, 11) is 3.74. The van der Waals surface area contributed by atoms with Crippen molar-refractivity contribution in [1.29, 1.82) is 0 Å². The number of nitrogens with one attached hydrogen (secondary N) is 2. The molecule has 4 aliphatic rings. The van der Waals surface area contributed by atoms with Gasteiger partial charge in [-0.25, -0.2) is 14.4 Å². The SMILES string of the molecule is C=C1CNC(=O)O[C@]2(C)C[C@@H](C)/C(=N/OC(C)=O)[C@H](C)[C@@H]3NC(=O)O[C@]3(C)[C@@H](CC)OC(=O)[C@H](C)[C@@H](OC1)[C@H](C)[C@H]2O[C@H]1O[C@@H](C)C[C@@H](N(C)C)[C@@H]1OC(C)=O. The molecule has 17 heteroatoms. The maximum Gasteiger partial charge on any atom is 0.408 e. The molecule has 0 aliphatic carbocycles. The van der Waals surface area contributed by atoms with Crippen LogP contribution in [0.25, 0.3) is 0 Å². The first-order valence-corrected chi connectivity index (χ1v) is 19.5. The average molecular weight is 795 g/mol. The predicted octanol–water partition coefficient (Wildman–Crippen LogP) is 3.86. The largest absolute Gasteiger partial charge is 0.458 e. The Morgan fingerprint density at radius 2 is 1.68 bits per heavy atom. The van der Waals surface area contributed by atoms with Gasteiger partial charge in [0.05, 0.1) is 42.5 Å². The molecule has 4 rings (SSSR count). The third kappa shape index (κ3) is 10.0. The normalized spacial score (nSPS) is 40.8. The first kappa shape index (κ1) is 44.9. The molecule has 4 heterocycles. The number of cyclic esters (lactones) is 1. The summed E-state index contributed by atoms with van der Waals surface area (Å²) in [6.45, 7) is 20.8. The minimum absolute atomic E-state index is 0.0133. The Kier molecular flexibility index (Phi) is 14.6. The first-order chi connectivity index (χ1) is 26.1. The minimum Gasteiger partial charge on any atom is -0.458 e. The molecular weight excluding hydrogens is 732 g/mol. The lowest BCUT2D eigenvalue weighted by Gasteiger charge is -2.49. The molecule has 17 nitrogen and oxygen atoms in total. The molecule has 0 spiro atoms. The van der Waals surface area contributed by atoms with Gasteiger partial charge in [-0.3, -0.25) is 9.59 Å². The Morgan fingerprint density at radius 1 is 1.00 bits per heavy atom. The van der Waals surface area contributed by atoms with Crippen LogP contribution >= 0.6 is 0 Å². The van der Waals surface area contributed by atoms with Gasteiger partial charge in [0.2, 0.25) is 0 Å². The van der Waals surface area contributed by atoms with Crippen molar-refractivity contribution in [2.75, 3.05) is 27.2 Å². The van der Waals surface area contributed by atoms with Crippen LogP contribution in [-0.4, -0.2) is 128 Å². The van der Waals surface area contributed by atoms with Crippen LogP contribution in [0, 0.1) is 23.7 Å². The second kappa shape index (κ2) is 18.2. The van der Waals surface area contributed by atoms with E-state index in [4.69, 9.17) is 38.0 Å². The van der Waals surface area contributed by atoms with Crippen LogP contribution in [0.15, 0.2) is 17.3 Å². The fraction of sp³-hybridized carbons (Fsp3) is 0.795. The lowest BCUT2D eigenvalue weighted by Crippen LogP contribution is -2.62. The quantitative estimate of drug-likeness (QED) is 0.129. The molecule has 2 amide bonds. The van der Waals surface area contributed by atoms with Crippen molar-refractivity contribution in [3.63, 3.8) is 0 Å². The summed E-state index contributed by atoms with van der Waals surface area (Å²) in [6, 6.07) is -1.12.